The van der Waals surface area contributed by atoms with Gasteiger partial charge in [-0.25, -0.2) is 4.98 Å². The molecule has 0 saturated carbocycles. The predicted octanol–water partition coefficient (Wildman–Crippen LogP) is 4.85. The van der Waals surface area contributed by atoms with Crippen LogP contribution in [0.3, 0.4) is 0 Å². The van der Waals surface area contributed by atoms with E-state index in [-0.39, 0.29) is 0 Å². The molecular formula is C20H18N2. The Labute approximate surface area is 130 Å². The third-order valence-electron chi connectivity index (χ3n) is 4.26. The molecule has 1 aliphatic heterocycles. The summed E-state index contributed by atoms with van der Waals surface area (Å²) >= 11 is 0. The monoisotopic (exact) mass is 286 g/mol. The van der Waals surface area contributed by atoms with E-state index in [1.807, 2.05) is 6.07 Å². The number of fused-ring (bicyclic) bond motifs is 1. The molecule has 2 heteroatoms. The maximum atomic E-state index is 4.85. The van der Waals surface area contributed by atoms with Crippen LogP contribution < -0.4 is 5.32 Å². The maximum absolute atomic E-state index is 4.85. The first-order chi connectivity index (χ1) is 10.9. The van der Waals surface area contributed by atoms with Crippen molar-refractivity contribution in [3.05, 3.63) is 83.9 Å². The molecule has 2 nitrogen and oxygen atoms in total. The molecule has 0 radical (unpaired) electrons. The lowest BCUT2D eigenvalue weighted by atomic mass is 9.95. The summed E-state index contributed by atoms with van der Waals surface area (Å²) in [6, 6.07) is 25.7. The van der Waals surface area contributed by atoms with Crippen LogP contribution in [0, 0.1) is 0 Å². The molecule has 0 saturated heterocycles. The third-order valence-corrected chi connectivity index (χ3v) is 4.26. The van der Waals surface area contributed by atoms with E-state index in [1.165, 1.54) is 11.1 Å². The summed E-state index contributed by atoms with van der Waals surface area (Å²) in [5.74, 6) is 1.03. The smallest absolute Gasteiger partial charge is 0.130 e. The molecular weight excluding hydrogens is 268 g/mol. The molecule has 0 aliphatic carbocycles. The first-order valence-corrected chi connectivity index (χ1v) is 7.77. The number of hydrogen-bond acceptors (Lipinski definition) is 2. The normalized spacial score (nSPS) is 16.6. The Balaban J connectivity index is 1.66. The van der Waals surface area contributed by atoms with Crippen LogP contribution in [0.25, 0.3) is 11.3 Å². The summed E-state index contributed by atoms with van der Waals surface area (Å²) in [5.41, 5.74) is 4.83. The van der Waals surface area contributed by atoms with E-state index in [0.29, 0.717) is 6.04 Å². The van der Waals surface area contributed by atoms with Crippen LogP contribution in [-0.4, -0.2) is 4.98 Å². The Bertz CT molecular complexity index is 766. The minimum absolute atomic E-state index is 0.354. The van der Waals surface area contributed by atoms with Crippen LogP contribution in [0.15, 0.2) is 72.8 Å². The lowest BCUT2D eigenvalue weighted by Gasteiger charge is -2.27. The van der Waals surface area contributed by atoms with Crippen LogP contribution >= 0.6 is 0 Å². The van der Waals surface area contributed by atoms with Gasteiger partial charge >= 0.3 is 0 Å². The highest BCUT2D eigenvalue weighted by Gasteiger charge is 2.20. The second-order valence-corrected chi connectivity index (χ2v) is 5.72. The number of pyridine rings is 1. The minimum Gasteiger partial charge on any atom is -0.363 e. The van der Waals surface area contributed by atoms with Crippen molar-refractivity contribution in [2.45, 2.75) is 18.9 Å². The molecule has 0 spiro atoms. The van der Waals surface area contributed by atoms with Crippen molar-refractivity contribution in [1.82, 2.24) is 4.98 Å². The summed E-state index contributed by atoms with van der Waals surface area (Å²) in [4.78, 5) is 4.85. The van der Waals surface area contributed by atoms with Gasteiger partial charge in [0.15, 0.2) is 0 Å². The molecule has 1 aromatic heterocycles. The number of aryl methyl sites for hydroxylation is 1. The summed E-state index contributed by atoms with van der Waals surface area (Å²) in [7, 11) is 0. The van der Waals surface area contributed by atoms with Crippen LogP contribution in [0.1, 0.15) is 23.6 Å². The van der Waals surface area contributed by atoms with Gasteiger partial charge in [-0.15, -0.1) is 0 Å². The van der Waals surface area contributed by atoms with Crippen molar-refractivity contribution >= 4 is 5.82 Å². The molecule has 0 bridgehead atoms. The van der Waals surface area contributed by atoms with Crippen molar-refractivity contribution in [2.24, 2.45) is 0 Å². The van der Waals surface area contributed by atoms with Gasteiger partial charge < -0.3 is 5.32 Å². The molecule has 22 heavy (non-hydrogen) atoms. The number of aromatic nitrogens is 1. The average Bonchev–Trinajstić information content (AvgIpc) is 2.62. The molecule has 3 aromatic rings. The number of benzene rings is 2. The lowest BCUT2D eigenvalue weighted by Crippen LogP contribution is -2.19. The average molecular weight is 286 g/mol. The summed E-state index contributed by atoms with van der Waals surface area (Å²) in [6.07, 6.45) is 2.19. The molecule has 0 fully saturated rings. The van der Waals surface area contributed by atoms with Gasteiger partial charge in [0.2, 0.25) is 0 Å². The second-order valence-electron chi connectivity index (χ2n) is 5.72. The highest BCUT2D eigenvalue weighted by atomic mass is 15.0. The summed E-state index contributed by atoms with van der Waals surface area (Å²) in [5, 5.41) is 3.61. The van der Waals surface area contributed by atoms with E-state index in [4.69, 9.17) is 4.98 Å². The molecule has 2 aromatic carbocycles. The van der Waals surface area contributed by atoms with Crippen LogP contribution in [-0.2, 0) is 6.42 Å². The van der Waals surface area contributed by atoms with E-state index >= 15 is 0 Å². The van der Waals surface area contributed by atoms with Gasteiger partial charge in [0.1, 0.15) is 5.82 Å². The zero-order chi connectivity index (χ0) is 14.8. The Hall–Kier alpha value is -2.61. The van der Waals surface area contributed by atoms with Crippen LogP contribution in [0.2, 0.25) is 0 Å². The first kappa shape index (κ1) is 13.1. The highest BCUT2D eigenvalue weighted by molar-refractivity contribution is 5.63. The molecule has 0 unspecified atom stereocenters. The Morgan fingerprint density at radius 2 is 1.55 bits per heavy atom. The molecule has 1 aliphatic rings. The quantitative estimate of drug-likeness (QED) is 0.728. The van der Waals surface area contributed by atoms with Crippen molar-refractivity contribution in [2.75, 3.05) is 5.32 Å². The standard InChI is InChI=1S/C20H18N2/c1-3-7-15(8-4-1)18-13-11-17-12-14-19(22-20(17)21-18)16-9-5-2-6-10-16/h1-11,13,19H,12,14H2,(H,21,22)/t19-/m0/s1. The van der Waals surface area contributed by atoms with Crippen molar-refractivity contribution in [1.29, 1.82) is 0 Å². The highest BCUT2D eigenvalue weighted by Crippen LogP contribution is 2.32. The Morgan fingerprint density at radius 1 is 0.818 bits per heavy atom. The SMILES string of the molecule is c1ccc(-c2ccc3c(n2)N[C@H](c2ccccc2)CC3)cc1. The number of hydrogen-bond donors (Lipinski definition) is 1. The fraction of sp³-hybridized carbons (Fsp3) is 0.150. The van der Waals surface area contributed by atoms with Crippen molar-refractivity contribution < 1.29 is 0 Å². The molecule has 1 atom stereocenters. The second kappa shape index (κ2) is 5.64. The number of nitrogens with zero attached hydrogens (tertiary/aromatic N) is 1. The van der Waals surface area contributed by atoms with E-state index in [0.717, 1.165) is 29.9 Å². The van der Waals surface area contributed by atoms with E-state index < -0.39 is 0 Å². The van der Waals surface area contributed by atoms with Gasteiger partial charge in [-0.3, -0.25) is 0 Å². The van der Waals surface area contributed by atoms with Gasteiger partial charge in [0.25, 0.3) is 0 Å². The van der Waals surface area contributed by atoms with E-state index in [1.54, 1.807) is 0 Å². The molecule has 4 rings (SSSR count). The van der Waals surface area contributed by atoms with Crippen molar-refractivity contribution in [3.63, 3.8) is 0 Å². The topological polar surface area (TPSA) is 24.9 Å². The molecule has 108 valence electrons. The molecule has 2 heterocycles. The van der Waals surface area contributed by atoms with Gasteiger partial charge in [-0.1, -0.05) is 66.7 Å². The van der Waals surface area contributed by atoms with E-state index in [9.17, 15) is 0 Å². The summed E-state index contributed by atoms with van der Waals surface area (Å²) < 4.78 is 0. The third kappa shape index (κ3) is 2.48. The van der Waals surface area contributed by atoms with Gasteiger partial charge in [0, 0.05) is 5.56 Å². The first-order valence-electron chi connectivity index (χ1n) is 7.77. The van der Waals surface area contributed by atoms with Gasteiger partial charge in [0.05, 0.1) is 11.7 Å². The van der Waals surface area contributed by atoms with Crippen LogP contribution in [0.4, 0.5) is 5.82 Å². The Kier molecular flexibility index (Phi) is 3.36. The lowest BCUT2D eigenvalue weighted by molar-refractivity contribution is 0.661. The van der Waals surface area contributed by atoms with Crippen molar-refractivity contribution in [3.8, 4) is 11.3 Å². The Morgan fingerprint density at radius 3 is 2.32 bits per heavy atom. The summed E-state index contributed by atoms with van der Waals surface area (Å²) in [6.45, 7) is 0. The fourth-order valence-electron chi connectivity index (χ4n) is 3.06. The maximum Gasteiger partial charge on any atom is 0.130 e. The molecule has 0 amide bonds. The number of anilines is 1. The van der Waals surface area contributed by atoms with E-state index in [2.05, 4.69) is 72.0 Å². The van der Waals surface area contributed by atoms with Crippen LogP contribution in [0.5, 0.6) is 0 Å². The molecule has 1 N–H and O–H groups in total. The zero-order valence-electron chi connectivity index (χ0n) is 12.4. The number of rotatable bonds is 2. The largest absolute Gasteiger partial charge is 0.363 e. The zero-order valence-corrected chi connectivity index (χ0v) is 12.4. The fourth-order valence-corrected chi connectivity index (χ4v) is 3.06. The van der Waals surface area contributed by atoms with Gasteiger partial charge in [-0.2, -0.15) is 0 Å². The van der Waals surface area contributed by atoms with Gasteiger partial charge in [-0.05, 0) is 30.0 Å². The minimum atomic E-state index is 0.354. The number of nitrogens with one attached hydrogen (secondary N) is 1. The predicted molar refractivity (Wildman–Crippen MR) is 90.8 cm³/mol.